The SMILES string of the molecule is C=Nc1cc2ccccc2cc1C#N.CC.CCC. The molecule has 0 saturated carbocycles. The van der Waals surface area contributed by atoms with Gasteiger partial charge < -0.3 is 0 Å². The fourth-order valence-corrected chi connectivity index (χ4v) is 1.45. The van der Waals surface area contributed by atoms with Crippen LogP contribution in [0.1, 0.15) is 39.7 Å². The summed E-state index contributed by atoms with van der Waals surface area (Å²) in [6.07, 6.45) is 1.25. The van der Waals surface area contributed by atoms with Crippen molar-refractivity contribution in [1.29, 1.82) is 5.26 Å². The summed E-state index contributed by atoms with van der Waals surface area (Å²) in [5.74, 6) is 0. The Morgan fingerprint density at radius 3 is 2.00 bits per heavy atom. The van der Waals surface area contributed by atoms with Gasteiger partial charge in [-0.15, -0.1) is 0 Å². The Bertz CT molecular complexity index is 551. The van der Waals surface area contributed by atoms with Crippen LogP contribution in [0.5, 0.6) is 0 Å². The van der Waals surface area contributed by atoms with Crippen molar-refractivity contribution in [3.8, 4) is 6.07 Å². The van der Waals surface area contributed by atoms with Gasteiger partial charge in [-0.3, -0.25) is 4.99 Å². The fraction of sp³-hybridized carbons (Fsp3) is 0.294. The van der Waals surface area contributed by atoms with Gasteiger partial charge in [0, 0.05) is 0 Å². The second-order valence-corrected chi connectivity index (χ2v) is 3.69. The third-order valence-corrected chi connectivity index (χ3v) is 2.15. The van der Waals surface area contributed by atoms with Gasteiger partial charge in [-0.1, -0.05) is 58.4 Å². The van der Waals surface area contributed by atoms with Gasteiger partial charge in [0.05, 0.1) is 11.3 Å². The zero-order valence-corrected chi connectivity index (χ0v) is 12.3. The number of fused-ring (bicyclic) bond motifs is 1. The molecule has 0 saturated heterocycles. The molecule has 0 N–H and O–H groups in total. The Kier molecular flexibility index (Phi) is 8.74. The van der Waals surface area contributed by atoms with Crippen LogP contribution in [0.2, 0.25) is 0 Å². The van der Waals surface area contributed by atoms with Crippen molar-refractivity contribution in [2.45, 2.75) is 34.1 Å². The molecule has 0 aromatic heterocycles. The van der Waals surface area contributed by atoms with E-state index < -0.39 is 0 Å². The maximum atomic E-state index is 8.87. The third-order valence-electron chi connectivity index (χ3n) is 2.15. The van der Waals surface area contributed by atoms with E-state index in [4.69, 9.17) is 5.26 Å². The molecule has 0 amide bonds. The molecular formula is C17H22N2. The molecule has 0 spiro atoms. The van der Waals surface area contributed by atoms with E-state index in [1.165, 1.54) is 6.42 Å². The largest absolute Gasteiger partial charge is 0.263 e. The van der Waals surface area contributed by atoms with Crippen molar-refractivity contribution in [1.82, 2.24) is 0 Å². The predicted octanol–water partition coefficient (Wildman–Crippen LogP) is 5.49. The third kappa shape index (κ3) is 4.93. The van der Waals surface area contributed by atoms with Crippen molar-refractivity contribution in [3.63, 3.8) is 0 Å². The van der Waals surface area contributed by atoms with Crippen LogP contribution in [0.25, 0.3) is 10.8 Å². The molecule has 0 aliphatic carbocycles. The monoisotopic (exact) mass is 254 g/mol. The quantitative estimate of drug-likeness (QED) is 0.620. The summed E-state index contributed by atoms with van der Waals surface area (Å²) in [7, 11) is 0. The average molecular weight is 254 g/mol. The van der Waals surface area contributed by atoms with Gasteiger partial charge >= 0.3 is 0 Å². The highest BCUT2D eigenvalue weighted by molar-refractivity contribution is 5.88. The molecule has 2 nitrogen and oxygen atoms in total. The topological polar surface area (TPSA) is 36.1 Å². The minimum absolute atomic E-state index is 0.568. The molecule has 2 aromatic rings. The van der Waals surface area contributed by atoms with Gasteiger partial charge in [0.1, 0.15) is 6.07 Å². The first kappa shape index (κ1) is 16.9. The second kappa shape index (κ2) is 9.85. The van der Waals surface area contributed by atoms with Crippen LogP contribution in [0, 0.1) is 11.3 Å². The number of hydrogen-bond donors (Lipinski definition) is 0. The van der Waals surface area contributed by atoms with Gasteiger partial charge in [-0.25, -0.2) is 0 Å². The van der Waals surface area contributed by atoms with Gasteiger partial charge in [-0.05, 0) is 29.6 Å². The zero-order valence-electron chi connectivity index (χ0n) is 12.3. The lowest BCUT2D eigenvalue weighted by Crippen LogP contribution is -1.78. The Labute approximate surface area is 116 Å². The molecule has 0 radical (unpaired) electrons. The number of aliphatic imine (C=N–C) groups is 1. The summed E-state index contributed by atoms with van der Waals surface area (Å²) in [6.45, 7) is 11.7. The lowest BCUT2D eigenvalue weighted by Gasteiger charge is -2.00. The highest BCUT2D eigenvalue weighted by Crippen LogP contribution is 2.25. The molecule has 2 aromatic carbocycles. The van der Waals surface area contributed by atoms with Crippen molar-refractivity contribution in [2.75, 3.05) is 0 Å². The summed E-state index contributed by atoms with van der Waals surface area (Å²) >= 11 is 0. The fourth-order valence-electron chi connectivity index (χ4n) is 1.45. The predicted molar refractivity (Wildman–Crippen MR) is 85.2 cm³/mol. The Morgan fingerprint density at radius 1 is 1.11 bits per heavy atom. The smallest absolute Gasteiger partial charge is 0.101 e. The molecule has 0 heterocycles. The van der Waals surface area contributed by atoms with E-state index in [9.17, 15) is 0 Å². The van der Waals surface area contributed by atoms with Crippen LogP contribution in [0.4, 0.5) is 5.69 Å². The lowest BCUT2D eigenvalue weighted by atomic mass is 10.1. The van der Waals surface area contributed by atoms with Crippen molar-refractivity contribution >= 4 is 23.2 Å². The van der Waals surface area contributed by atoms with Crippen LogP contribution in [0.3, 0.4) is 0 Å². The highest BCUT2D eigenvalue weighted by Gasteiger charge is 2.01. The van der Waals surface area contributed by atoms with Gasteiger partial charge in [0.2, 0.25) is 0 Å². The standard InChI is InChI=1S/C12H8N2.C3H8.C2H6/c1-14-12-7-10-5-3-2-4-9(10)6-11(12)8-13;1-3-2;1-2/h2-7H,1H2;3H2,1-2H3;1-2H3. The molecule has 2 rings (SSSR count). The molecule has 0 fully saturated rings. The molecule has 19 heavy (non-hydrogen) atoms. The summed E-state index contributed by atoms with van der Waals surface area (Å²) in [4.78, 5) is 3.82. The van der Waals surface area contributed by atoms with Crippen molar-refractivity contribution in [3.05, 3.63) is 42.0 Å². The molecule has 2 heteroatoms. The van der Waals surface area contributed by atoms with Crippen molar-refractivity contribution in [2.24, 2.45) is 4.99 Å². The minimum atomic E-state index is 0.568. The van der Waals surface area contributed by atoms with E-state index in [-0.39, 0.29) is 0 Å². The van der Waals surface area contributed by atoms with Crippen LogP contribution in [0.15, 0.2) is 41.4 Å². The van der Waals surface area contributed by atoms with Crippen LogP contribution < -0.4 is 0 Å². The molecule has 0 unspecified atom stereocenters. The van der Waals surface area contributed by atoms with Gasteiger partial charge in [0.15, 0.2) is 0 Å². The van der Waals surface area contributed by atoms with Gasteiger partial charge in [-0.2, -0.15) is 5.26 Å². The highest BCUT2D eigenvalue weighted by atomic mass is 14.7. The molecule has 0 aliphatic heterocycles. The average Bonchev–Trinajstić information content (AvgIpc) is 2.48. The van der Waals surface area contributed by atoms with E-state index in [0.29, 0.717) is 11.3 Å². The Hall–Kier alpha value is -2.14. The molecular weight excluding hydrogens is 232 g/mol. The first-order valence-corrected chi connectivity index (χ1v) is 6.66. The molecule has 100 valence electrons. The van der Waals surface area contributed by atoms with E-state index in [0.717, 1.165) is 10.8 Å². The van der Waals surface area contributed by atoms with E-state index in [1.54, 1.807) is 0 Å². The lowest BCUT2D eigenvalue weighted by molar-refractivity contribution is 1.09. The van der Waals surface area contributed by atoms with E-state index in [2.05, 4.69) is 31.6 Å². The first-order valence-electron chi connectivity index (χ1n) is 6.66. The van der Waals surface area contributed by atoms with Gasteiger partial charge in [0.25, 0.3) is 0 Å². The number of hydrogen-bond acceptors (Lipinski definition) is 2. The Morgan fingerprint density at radius 2 is 1.58 bits per heavy atom. The molecule has 0 atom stereocenters. The van der Waals surface area contributed by atoms with Crippen LogP contribution >= 0.6 is 0 Å². The first-order chi connectivity index (χ1) is 9.26. The molecule has 0 bridgehead atoms. The Balaban J connectivity index is 0.000000573. The number of nitriles is 1. The molecule has 0 aliphatic rings. The van der Waals surface area contributed by atoms with E-state index >= 15 is 0 Å². The van der Waals surface area contributed by atoms with Crippen molar-refractivity contribution < 1.29 is 0 Å². The maximum Gasteiger partial charge on any atom is 0.101 e. The second-order valence-electron chi connectivity index (χ2n) is 3.69. The summed E-state index contributed by atoms with van der Waals surface area (Å²) in [5.41, 5.74) is 1.21. The minimum Gasteiger partial charge on any atom is -0.263 e. The number of nitrogens with zero attached hydrogens (tertiary/aromatic N) is 2. The number of rotatable bonds is 1. The normalized spacial score (nSPS) is 8.37. The van der Waals surface area contributed by atoms with Crippen LogP contribution in [-0.4, -0.2) is 6.72 Å². The summed E-state index contributed by atoms with van der Waals surface area (Å²) in [5, 5.41) is 11.0. The summed E-state index contributed by atoms with van der Waals surface area (Å²) in [6, 6.07) is 13.7. The maximum absolute atomic E-state index is 8.87. The number of benzene rings is 2. The zero-order chi connectivity index (χ0) is 14.7. The summed E-state index contributed by atoms with van der Waals surface area (Å²) < 4.78 is 0. The van der Waals surface area contributed by atoms with E-state index in [1.807, 2.05) is 50.2 Å². The van der Waals surface area contributed by atoms with Crippen LogP contribution in [-0.2, 0) is 0 Å².